The molecule has 0 radical (unpaired) electrons. The first-order chi connectivity index (χ1) is 6.15. The molecule has 13 heavy (non-hydrogen) atoms. The van der Waals surface area contributed by atoms with Crippen LogP contribution in [0.5, 0.6) is 5.88 Å². The van der Waals surface area contributed by atoms with Crippen molar-refractivity contribution in [3.8, 4) is 5.88 Å². The number of hydrogen-bond acceptors (Lipinski definition) is 5. The topological polar surface area (TPSA) is 80.1 Å². The maximum absolute atomic E-state index is 10.2. The van der Waals surface area contributed by atoms with Crippen molar-refractivity contribution in [2.45, 2.75) is 26.8 Å². The average molecular weight is 184 g/mol. The van der Waals surface area contributed by atoms with E-state index < -0.39 is 6.16 Å². The lowest BCUT2D eigenvalue weighted by molar-refractivity contribution is -0.272. The lowest BCUT2D eigenvalue weighted by Gasteiger charge is -2.09. The summed E-state index contributed by atoms with van der Waals surface area (Å²) >= 11 is 0. The molecule has 6 nitrogen and oxygen atoms in total. The first-order valence-electron chi connectivity index (χ1n) is 3.94. The summed E-state index contributed by atoms with van der Waals surface area (Å²) < 4.78 is 5.81. The van der Waals surface area contributed by atoms with E-state index in [2.05, 4.69) is 15.0 Å². The Bertz CT molecular complexity index is 308. The predicted octanol–water partition coefficient (Wildman–Crippen LogP) is -0.281. The van der Waals surface area contributed by atoms with Gasteiger partial charge in [-0.05, 0) is 13.3 Å². The molecule has 0 bridgehead atoms. The van der Waals surface area contributed by atoms with Crippen LogP contribution in [0.3, 0.4) is 0 Å². The second kappa shape index (κ2) is 3.88. The van der Waals surface area contributed by atoms with Gasteiger partial charge in [0.1, 0.15) is 5.69 Å². The van der Waals surface area contributed by atoms with Crippen LogP contribution in [0.4, 0.5) is 4.79 Å². The minimum absolute atomic E-state index is 0.141. The van der Waals surface area contributed by atoms with Gasteiger partial charge in [-0.1, -0.05) is 12.1 Å². The van der Waals surface area contributed by atoms with Crippen molar-refractivity contribution in [3.05, 3.63) is 5.69 Å². The molecule has 0 aliphatic carbocycles. The van der Waals surface area contributed by atoms with Crippen molar-refractivity contribution >= 4 is 6.16 Å². The fourth-order valence-electron chi connectivity index (χ4n) is 0.955. The highest BCUT2D eigenvalue weighted by molar-refractivity contribution is 5.58. The number of ether oxygens (including phenoxy) is 1. The van der Waals surface area contributed by atoms with Crippen LogP contribution < -0.4 is 9.84 Å². The molecule has 0 saturated heterocycles. The van der Waals surface area contributed by atoms with Gasteiger partial charge in [-0.15, -0.1) is 5.10 Å². The van der Waals surface area contributed by atoms with E-state index >= 15 is 0 Å². The second-order valence-electron chi connectivity index (χ2n) is 2.56. The normalized spacial score (nSPS) is 10.0. The molecule has 0 saturated carbocycles. The molecule has 1 rings (SSSR count). The lowest BCUT2D eigenvalue weighted by Crippen LogP contribution is -2.27. The molecule has 0 amide bonds. The number of aryl methyl sites for hydroxylation is 2. The van der Waals surface area contributed by atoms with Gasteiger partial charge >= 0.3 is 0 Å². The fraction of sp³-hybridized carbons (Fsp3) is 0.571. The van der Waals surface area contributed by atoms with E-state index in [4.69, 9.17) is 0 Å². The van der Waals surface area contributed by atoms with Crippen LogP contribution >= 0.6 is 0 Å². The summed E-state index contributed by atoms with van der Waals surface area (Å²) in [5, 5.41) is 17.6. The van der Waals surface area contributed by atoms with E-state index in [1.165, 1.54) is 4.68 Å². The Kier molecular flexibility index (Phi) is 2.84. The van der Waals surface area contributed by atoms with Crippen molar-refractivity contribution in [1.29, 1.82) is 0 Å². The van der Waals surface area contributed by atoms with Crippen molar-refractivity contribution in [2.24, 2.45) is 0 Å². The van der Waals surface area contributed by atoms with E-state index in [1.807, 2.05) is 6.92 Å². The fourth-order valence-corrected chi connectivity index (χ4v) is 0.955. The summed E-state index contributed by atoms with van der Waals surface area (Å²) in [7, 11) is 0. The largest absolute Gasteiger partial charge is 0.495 e. The van der Waals surface area contributed by atoms with Gasteiger partial charge in [0, 0.05) is 6.54 Å². The van der Waals surface area contributed by atoms with E-state index in [-0.39, 0.29) is 5.88 Å². The lowest BCUT2D eigenvalue weighted by atomic mass is 10.4. The van der Waals surface area contributed by atoms with Crippen molar-refractivity contribution in [2.75, 3.05) is 0 Å². The third-order valence-electron chi connectivity index (χ3n) is 1.46. The van der Waals surface area contributed by atoms with Crippen molar-refractivity contribution in [1.82, 2.24) is 15.0 Å². The molecule has 6 heteroatoms. The van der Waals surface area contributed by atoms with Gasteiger partial charge < -0.3 is 14.6 Å². The predicted molar refractivity (Wildman–Crippen MR) is 41.1 cm³/mol. The number of aromatic nitrogens is 3. The van der Waals surface area contributed by atoms with E-state index in [0.717, 1.165) is 6.42 Å². The zero-order valence-corrected chi connectivity index (χ0v) is 7.48. The number of nitrogens with zero attached hydrogens (tertiary/aromatic N) is 3. The van der Waals surface area contributed by atoms with Crippen LogP contribution in [-0.2, 0) is 6.54 Å². The van der Waals surface area contributed by atoms with Gasteiger partial charge in [0.05, 0.1) is 0 Å². The Labute approximate surface area is 75.1 Å². The molecule has 1 aromatic heterocycles. The molecule has 0 fully saturated rings. The molecule has 0 unspecified atom stereocenters. The van der Waals surface area contributed by atoms with Crippen molar-refractivity contribution < 1.29 is 14.6 Å². The summed E-state index contributed by atoms with van der Waals surface area (Å²) in [6, 6.07) is 0. The first-order valence-corrected chi connectivity index (χ1v) is 3.94. The zero-order chi connectivity index (χ0) is 9.84. The number of carboxylic acid groups (broad SMARTS) is 1. The van der Waals surface area contributed by atoms with E-state index in [0.29, 0.717) is 12.2 Å². The summed E-state index contributed by atoms with van der Waals surface area (Å²) in [4.78, 5) is 10.2. The molecule has 0 atom stereocenters. The minimum Gasteiger partial charge on any atom is -0.495 e. The molecule has 1 aromatic rings. The molecule has 1 heterocycles. The Morgan fingerprint density at radius 1 is 1.69 bits per heavy atom. The first kappa shape index (κ1) is 9.50. The molecular weight excluding hydrogens is 174 g/mol. The standard InChI is InChI=1S/C7H11N3O3/c1-3-4-10-6(13-7(11)12)5(2)8-9-10/h3-4H2,1-2H3,(H,11,12)/p-1. The summed E-state index contributed by atoms with van der Waals surface area (Å²) in [6.07, 6.45) is -0.769. The van der Waals surface area contributed by atoms with E-state index in [9.17, 15) is 9.90 Å². The average Bonchev–Trinajstić information content (AvgIpc) is 2.36. The Morgan fingerprint density at radius 3 is 2.92 bits per heavy atom. The van der Waals surface area contributed by atoms with Gasteiger partial charge in [0.15, 0.2) is 5.88 Å². The summed E-state index contributed by atoms with van der Waals surface area (Å²) in [6.45, 7) is 4.14. The molecule has 0 aliphatic rings. The summed E-state index contributed by atoms with van der Waals surface area (Å²) in [5.41, 5.74) is 0.442. The molecule has 0 aromatic carbocycles. The molecule has 0 N–H and O–H groups in total. The number of hydrogen-bond donors (Lipinski definition) is 0. The number of rotatable bonds is 3. The minimum atomic E-state index is -1.59. The third kappa shape index (κ3) is 2.17. The van der Waals surface area contributed by atoms with Crippen LogP contribution in [0, 0.1) is 6.92 Å². The monoisotopic (exact) mass is 184 g/mol. The Morgan fingerprint density at radius 2 is 2.38 bits per heavy atom. The molecule has 72 valence electrons. The maximum Gasteiger partial charge on any atom is 0.258 e. The van der Waals surface area contributed by atoms with E-state index in [1.54, 1.807) is 6.92 Å². The van der Waals surface area contributed by atoms with Crippen LogP contribution in [0.15, 0.2) is 0 Å². The Hall–Kier alpha value is -1.59. The van der Waals surface area contributed by atoms with Crippen LogP contribution in [-0.4, -0.2) is 21.1 Å². The third-order valence-corrected chi connectivity index (χ3v) is 1.46. The van der Waals surface area contributed by atoms with Gasteiger partial charge in [0.25, 0.3) is 6.16 Å². The van der Waals surface area contributed by atoms with Crippen molar-refractivity contribution in [3.63, 3.8) is 0 Å². The number of carbonyl (C=O) groups excluding carboxylic acids is 1. The maximum atomic E-state index is 10.2. The number of carbonyl (C=O) groups is 1. The SMILES string of the molecule is CCCn1nnc(C)c1OC(=O)[O-]. The van der Waals surface area contributed by atoms with Crippen LogP contribution in [0.25, 0.3) is 0 Å². The van der Waals surface area contributed by atoms with Crippen LogP contribution in [0.2, 0.25) is 0 Å². The second-order valence-corrected chi connectivity index (χ2v) is 2.56. The van der Waals surface area contributed by atoms with Gasteiger partial charge in [-0.2, -0.15) is 0 Å². The van der Waals surface area contributed by atoms with Crippen LogP contribution in [0.1, 0.15) is 19.0 Å². The highest BCUT2D eigenvalue weighted by Crippen LogP contribution is 2.14. The highest BCUT2D eigenvalue weighted by atomic mass is 16.7. The van der Waals surface area contributed by atoms with Gasteiger partial charge in [0.2, 0.25) is 0 Å². The molecule has 0 spiro atoms. The summed E-state index contributed by atoms with van der Waals surface area (Å²) in [5.74, 6) is 0.141. The quantitative estimate of drug-likeness (QED) is 0.603. The smallest absolute Gasteiger partial charge is 0.258 e. The Balaban J connectivity index is 2.87. The molecule has 0 aliphatic heterocycles. The zero-order valence-electron chi connectivity index (χ0n) is 7.48. The highest BCUT2D eigenvalue weighted by Gasteiger charge is 2.06. The molecular formula is C7H10N3O3-. The van der Waals surface area contributed by atoms with Gasteiger partial charge in [-0.3, -0.25) is 0 Å². The van der Waals surface area contributed by atoms with Gasteiger partial charge in [-0.25, -0.2) is 4.68 Å².